The summed E-state index contributed by atoms with van der Waals surface area (Å²) in [6.07, 6.45) is 38.3. The summed E-state index contributed by atoms with van der Waals surface area (Å²) in [5.74, 6) is 6.18. The Balaban J connectivity index is 1.12. The van der Waals surface area contributed by atoms with Crippen molar-refractivity contribution in [2.45, 2.75) is 228 Å². The van der Waals surface area contributed by atoms with Gasteiger partial charge in [0.2, 0.25) is 0 Å². The lowest BCUT2D eigenvalue weighted by Crippen LogP contribution is -2.51. The molecule has 0 amide bonds. The third-order valence-corrected chi connectivity index (χ3v) is 15.6. The number of allylic oxidation sites excluding steroid dienone is 1. The number of ether oxygens (including phenoxy) is 1. The minimum absolute atomic E-state index is 0.0655. The molecule has 0 aliphatic heterocycles. The van der Waals surface area contributed by atoms with Gasteiger partial charge in [-0.05, 0) is 110 Å². The Morgan fingerprint density at radius 3 is 1.96 bits per heavy atom. The molecule has 0 bridgehead atoms. The fraction of sp³-hybridized carbons (Fsp3) is 0.936. The van der Waals surface area contributed by atoms with Crippen LogP contribution in [0.5, 0.6) is 0 Å². The van der Waals surface area contributed by atoms with Crippen LogP contribution in [-0.2, 0) is 9.53 Å². The van der Waals surface area contributed by atoms with Gasteiger partial charge >= 0.3 is 5.97 Å². The molecule has 0 unspecified atom stereocenters. The van der Waals surface area contributed by atoms with E-state index in [-0.39, 0.29) is 12.1 Å². The molecule has 0 aromatic heterocycles. The van der Waals surface area contributed by atoms with Gasteiger partial charge in [-0.3, -0.25) is 4.79 Å². The Bertz CT molecular complexity index is 981. The smallest absolute Gasteiger partial charge is 0.306 e. The van der Waals surface area contributed by atoms with Crippen molar-refractivity contribution in [2.24, 2.45) is 52.3 Å². The van der Waals surface area contributed by atoms with Crippen molar-refractivity contribution in [3.8, 4) is 0 Å². The average molecular weight is 681 g/mol. The van der Waals surface area contributed by atoms with Gasteiger partial charge in [-0.2, -0.15) is 0 Å². The van der Waals surface area contributed by atoms with E-state index < -0.39 is 0 Å². The highest BCUT2D eigenvalue weighted by Crippen LogP contribution is 2.67. The van der Waals surface area contributed by atoms with E-state index in [1.165, 1.54) is 148 Å². The standard InChI is InChI=1S/C47H84O2/c1-8-10-11-12-13-14-15-16-17-18-19-20-21-22-23-24-45(48)49-40-31-33-46(6)39(35-40)27-28-41-43-30-29-42(47(43,7)34-32-44(41)46)37(5)25-26-38(9-2)36(3)4/h27,36-38,40-44H,8-26,28-35H2,1-7H3/t37-,38-,40+,41+,42-,43+,44+,46+,47-/m1/s1. The topological polar surface area (TPSA) is 26.3 Å². The molecule has 49 heavy (non-hydrogen) atoms. The summed E-state index contributed by atoms with van der Waals surface area (Å²) in [4.78, 5) is 12.9. The summed E-state index contributed by atoms with van der Waals surface area (Å²) in [5.41, 5.74) is 2.52. The minimum Gasteiger partial charge on any atom is -0.462 e. The largest absolute Gasteiger partial charge is 0.462 e. The lowest BCUT2D eigenvalue weighted by atomic mass is 9.47. The summed E-state index contributed by atoms with van der Waals surface area (Å²) in [6, 6.07) is 0. The minimum atomic E-state index is 0.0655. The van der Waals surface area contributed by atoms with Crippen LogP contribution in [0.4, 0.5) is 0 Å². The van der Waals surface area contributed by atoms with E-state index in [1.54, 1.807) is 5.57 Å². The molecule has 0 radical (unpaired) electrons. The molecule has 2 nitrogen and oxygen atoms in total. The molecular weight excluding hydrogens is 597 g/mol. The first kappa shape index (κ1) is 41.0. The van der Waals surface area contributed by atoms with Crippen molar-refractivity contribution in [2.75, 3.05) is 0 Å². The quantitative estimate of drug-likeness (QED) is 0.0610. The van der Waals surface area contributed by atoms with E-state index in [4.69, 9.17) is 4.74 Å². The second kappa shape index (κ2) is 20.5. The van der Waals surface area contributed by atoms with Gasteiger partial charge in [0.1, 0.15) is 6.10 Å². The van der Waals surface area contributed by atoms with Gasteiger partial charge in [-0.25, -0.2) is 0 Å². The number of fused-ring (bicyclic) bond motifs is 5. The summed E-state index contributed by atoms with van der Waals surface area (Å²) in [5, 5.41) is 0. The monoisotopic (exact) mass is 681 g/mol. The van der Waals surface area contributed by atoms with Crippen LogP contribution in [0.2, 0.25) is 0 Å². The third-order valence-electron chi connectivity index (χ3n) is 15.6. The van der Waals surface area contributed by atoms with E-state index in [0.29, 0.717) is 17.3 Å². The first-order valence-corrected chi connectivity index (χ1v) is 22.5. The van der Waals surface area contributed by atoms with Crippen molar-refractivity contribution in [1.29, 1.82) is 0 Å². The highest BCUT2D eigenvalue weighted by atomic mass is 16.5. The van der Waals surface area contributed by atoms with E-state index in [2.05, 4.69) is 54.5 Å². The van der Waals surface area contributed by atoms with Crippen LogP contribution in [0.25, 0.3) is 0 Å². The maximum Gasteiger partial charge on any atom is 0.306 e. The molecule has 284 valence electrons. The van der Waals surface area contributed by atoms with Crippen molar-refractivity contribution >= 4 is 5.97 Å². The molecule has 9 atom stereocenters. The van der Waals surface area contributed by atoms with Gasteiger partial charge in [-0.15, -0.1) is 0 Å². The van der Waals surface area contributed by atoms with Crippen LogP contribution < -0.4 is 0 Å². The molecule has 0 aromatic carbocycles. The number of esters is 1. The zero-order valence-corrected chi connectivity index (χ0v) is 34.1. The van der Waals surface area contributed by atoms with Crippen molar-refractivity contribution in [3.63, 3.8) is 0 Å². The van der Waals surface area contributed by atoms with E-state index in [0.717, 1.165) is 60.7 Å². The molecule has 4 aliphatic carbocycles. The predicted octanol–water partition coefficient (Wildman–Crippen LogP) is 14.8. The maximum atomic E-state index is 12.9. The van der Waals surface area contributed by atoms with Crippen LogP contribution in [-0.4, -0.2) is 12.1 Å². The zero-order valence-electron chi connectivity index (χ0n) is 34.1. The first-order valence-electron chi connectivity index (χ1n) is 22.5. The van der Waals surface area contributed by atoms with E-state index >= 15 is 0 Å². The van der Waals surface area contributed by atoms with Crippen LogP contribution in [0.15, 0.2) is 11.6 Å². The fourth-order valence-electron chi connectivity index (χ4n) is 12.3. The Labute approximate surface area is 306 Å². The number of unbranched alkanes of at least 4 members (excludes halogenated alkanes) is 14. The zero-order chi connectivity index (χ0) is 35.3. The van der Waals surface area contributed by atoms with Crippen LogP contribution in [0, 0.1) is 52.3 Å². The summed E-state index contributed by atoms with van der Waals surface area (Å²) in [6.45, 7) is 17.5. The number of hydrogen-bond acceptors (Lipinski definition) is 2. The highest BCUT2D eigenvalue weighted by molar-refractivity contribution is 5.69. The van der Waals surface area contributed by atoms with Gasteiger partial charge in [0, 0.05) is 12.8 Å². The average Bonchev–Trinajstić information content (AvgIpc) is 3.44. The molecule has 3 fully saturated rings. The lowest BCUT2D eigenvalue weighted by Gasteiger charge is -2.58. The van der Waals surface area contributed by atoms with Crippen molar-refractivity contribution in [3.05, 3.63) is 11.6 Å². The van der Waals surface area contributed by atoms with E-state index in [9.17, 15) is 4.79 Å². The van der Waals surface area contributed by atoms with Gasteiger partial charge in [0.15, 0.2) is 0 Å². The van der Waals surface area contributed by atoms with Crippen molar-refractivity contribution < 1.29 is 9.53 Å². The fourth-order valence-corrected chi connectivity index (χ4v) is 12.3. The maximum absolute atomic E-state index is 12.9. The van der Waals surface area contributed by atoms with Gasteiger partial charge in [0.05, 0.1) is 0 Å². The molecule has 2 heteroatoms. The molecular formula is C47H84O2. The van der Waals surface area contributed by atoms with Crippen LogP contribution >= 0.6 is 0 Å². The molecule has 0 N–H and O–H groups in total. The number of hydrogen-bond donors (Lipinski definition) is 0. The molecule has 4 aliphatic rings. The highest BCUT2D eigenvalue weighted by Gasteiger charge is 2.59. The number of rotatable bonds is 23. The van der Waals surface area contributed by atoms with Gasteiger partial charge < -0.3 is 4.74 Å². The molecule has 0 saturated heterocycles. The molecule has 0 spiro atoms. The third kappa shape index (κ3) is 11.1. The van der Waals surface area contributed by atoms with Crippen LogP contribution in [0.3, 0.4) is 0 Å². The number of carbonyl (C=O) groups is 1. The van der Waals surface area contributed by atoms with Gasteiger partial charge in [0.25, 0.3) is 0 Å². The molecule has 0 aromatic rings. The SMILES string of the molecule is CCCCCCCCCCCCCCCCCC(=O)O[C@H]1CC[C@@]2(C)C(=CC[C@H]3[C@@H]4CC[C@H]([C@H](C)CC[C@@H](CC)C(C)C)[C@@]4(C)CC[C@@H]32)C1. The predicted molar refractivity (Wildman–Crippen MR) is 212 cm³/mol. The van der Waals surface area contributed by atoms with Gasteiger partial charge in [-0.1, -0.05) is 163 Å². The Morgan fingerprint density at radius 2 is 1.37 bits per heavy atom. The summed E-state index contributed by atoms with van der Waals surface area (Å²) >= 11 is 0. The normalized spacial score (nSPS) is 32.2. The Hall–Kier alpha value is -0.790. The Kier molecular flexibility index (Phi) is 17.1. The summed E-state index contributed by atoms with van der Waals surface area (Å²) in [7, 11) is 0. The molecule has 0 heterocycles. The van der Waals surface area contributed by atoms with Crippen molar-refractivity contribution in [1.82, 2.24) is 0 Å². The molecule has 4 rings (SSSR count). The molecule has 3 saturated carbocycles. The second-order valence-electron chi connectivity index (χ2n) is 19.0. The summed E-state index contributed by atoms with van der Waals surface area (Å²) < 4.78 is 6.15. The van der Waals surface area contributed by atoms with Crippen LogP contribution in [0.1, 0.15) is 222 Å². The first-order chi connectivity index (χ1) is 23.6. The van der Waals surface area contributed by atoms with E-state index in [1.807, 2.05) is 0 Å². The number of carbonyl (C=O) groups excluding carboxylic acids is 1. The Morgan fingerprint density at radius 1 is 0.755 bits per heavy atom. The second-order valence-corrected chi connectivity index (χ2v) is 19.0. The lowest BCUT2D eigenvalue weighted by molar-refractivity contribution is -0.151.